The smallest absolute Gasteiger partial charge is 0.251 e. The van der Waals surface area contributed by atoms with E-state index in [1.165, 1.54) is 5.56 Å². The topological polar surface area (TPSA) is 58.2 Å². The first kappa shape index (κ1) is 19.2. The van der Waals surface area contributed by atoms with Crippen LogP contribution in [0.2, 0.25) is 0 Å². The molecule has 0 atom stereocenters. The van der Waals surface area contributed by atoms with Gasteiger partial charge in [-0.1, -0.05) is 34.1 Å². The average Bonchev–Trinajstić information content (AvgIpc) is 2.61. The van der Waals surface area contributed by atoms with E-state index in [-0.39, 0.29) is 11.8 Å². The van der Waals surface area contributed by atoms with Crippen LogP contribution in [0.1, 0.15) is 40.7 Å². The highest BCUT2D eigenvalue weighted by Crippen LogP contribution is 2.19. The Labute approximate surface area is 157 Å². The molecule has 0 fully saturated rings. The van der Waals surface area contributed by atoms with Crippen LogP contribution in [-0.2, 0) is 11.2 Å². The van der Waals surface area contributed by atoms with Crippen molar-refractivity contribution in [3.05, 3.63) is 63.6 Å². The van der Waals surface area contributed by atoms with Gasteiger partial charge in [-0.25, -0.2) is 0 Å². The Morgan fingerprint density at radius 3 is 2.44 bits per heavy atom. The number of anilines is 1. The Balaban J connectivity index is 1.82. The van der Waals surface area contributed by atoms with Crippen LogP contribution in [0, 0.1) is 6.92 Å². The molecule has 0 unspecified atom stereocenters. The summed E-state index contributed by atoms with van der Waals surface area (Å²) in [7, 11) is 1.60. The Hall–Kier alpha value is -2.14. The fraction of sp³-hybridized carbons (Fsp3) is 0.300. The number of hydrogen-bond acceptors (Lipinski definition) is 2. The second-order valence-corrected chi connectivity index (χ2v) is 6.85. The summed E-state index contributed by atoms with van der Waals surface area (Å²) < 4.78 is 1.07. The Morgan fingerprint density at radius 2 is 1.76 bits per heavy atom. The van der Waals surface area contributed by atoms with E-state index in [0.29, 0.717) is 17.7 Å². The monoisotopic (exact) mass is 402 g/mol. The first-order valence-electron chi connectivity index (χ1n) is 8.37. The molecule has 0 saturated carbocycles. The van der Waals surface area contributed by atoms with E-state index in [2.05, 4.69) is 38.7 Å². The second-order valence-electron chi connectivity index (χ2n) is 5.94. The average molecular weight is 403 g/mol. The number of carbonyl (C=O) groups excluding carboxylic acids is 2. The third-order valence-electron chi connectivity index (χ3n) is 4.11. The summed E-state index contributed by atoms with van der Waals surface area (Å²) in [5.74, 6) is -0.170. The molecular formula is C20H23BrN2O2. The molecule has 0 bridgehead atoms. The molecule has 0 radical (unpaired) electrons. The minimum absolute atomic E-state index is 0.0204. The van der Waals surface area contributed by atoms with Gasteiger partial charge in [0, 0.05) is 29.2 Å². The fourth-order valence-electron chi connectivity index (χ4n) is 2.63. The molecule has 2 amide bonds. The molecule has 0 aliphatic heterocycles. The number of carbonyl (C=O) groups is 2. The predicted molar refractivity (Wildman–Crippen MR) is 105 cm³/mol. The molecule has 2 rings (SSSR count). The maximum absolute atomic E-state index is 12.2. The van der Waals surface area contributed by atoms with Crippen molar-refractivity contribution in [1.82, 2.24) is 5.32 Å². The number of nitrogens with one attached hydrogen (secondary N) is 2. The summed E-state index contributed by atoms with van der Waals surface area (Å²) in [6, 6.07) is 13.6. The lowest BCUT2D eigenvalue weighted by Crippen LogP contribution is -2.20. The van der Waals surface area contributed by atoms with E-state index in [4.69, 9.17) is 0 Å². The van der Waals surface area contributed by atoms with Gasteiger partial charge in [-0.2, -0.15) is 0 Å². The van der Waals surface area contributed by atoms with E-state index < -0.39 is 0 Å². The van der Waals surface area contributed by atoms with Crippen LogP contribution in [0.25, 0.3) is 0 Å². The van der Waals surface area contributed by atoms with E-state index in [0.717, 1.165) is 29.3 Å². The number of hydrogen-bond donors (Lipinski definition) is 2. The molecule has 2 aromatic carbocycles. The van der Waals surface area contributed by atoms with Gasteiger partial charge in [0.1, 0.15) is 0 Å². The lowest BCUT2D eigenvalue weighted by atomic mass is 10.1. The minimum Gasteiger partial charge on any atom is -0.355 e. The van der Waals surface area contributed by atoms with Crippen molar-refractivity contribution in [2.75, 3.05) is 12.4 Å². The SMILES string of the molecule is CNC(=O)c1cccc(NC(=O)CCCCc2ccc(Br)cc2)c1C. The van der Waals surface area contributed by atoms with Crippen LogP contribution in [0.4, 0.5) is 5.69 Å². The maximum Gasteiger partial charge on any atom is 0.251 e. The number of rotatable bonds is 7. The summed E-state index contributed by atoms with van der Waals surface area (Å²) in [6.45, 7) is 1.84. The van der Waals surface area contributed by atoms with E-state index in [1.807, 2.05) is 25.1 Å². The molecule has 0 heterocycles. The molecule has 2 aromatic rings. The Morgan fingerprint density at radius 1 is 1.04 bits per heavy atom. The first-order chi connectivity index (χ1) is 12.0. The third-order valence-corrected chi connectivity index (χ3v) is 4.64. The summed E-state index contributed by atoms with van der Waals surface area (Å²) >= 11 is 3.42. The van der Waals surface area contributed by atoms with Gasteiger partial charge in [0.15, 0.2) is 0 Å². The van der Waals surface area contributed by atoms with Crippen LogP contribution in [0.15, 0.2) is 46.9 Å². The summed E-state index contributed by atoms with van der Waals surface area (Å²) in [5, 5.41) is 5.52. The Bertz CT molecular complexity index is 742. The molecule has 4 nitrogen and oxygen atoms in total. The predicted octanol–water partition coefficient (Wildman–Crippen LogP) is 4.47. The summed E-state index contributed by atoms with van der Waals surface area (Å²) in [6.07, 6.45) is 3.23. The van der Waals surface area contributed by atoms with Crippen LogP contribution in [-0.4, -0.2) is 18.9 Å². The van der Waals surface area contributed by atoms with Gasteiger partial charge < -0.3 is 10.6 Å². The number of aryl methyl sites for hydroxylation is 1. The molecule has 0 aliphatic rings. The van der Waals surface area contributed by atoms with Crippen LogP contribution in [0.3, 0.4) is 0 Å². The lowest BCUT2D eigenvalue weighted by molar-refractivity contribution is -0.116. The van der Waals surface area contributed by atoms with Gasteiger partial charge in [-0.05, 0) is 61.6 Å². The highest BCUT2D eigenvalue weighted by Gasteiger charge is 2.11. The molecule has 0 spiro atoms. The zero-order chi connectivity index (χ0) is 18.2. The van der Waals surface area contributed by atoms with Gasteiger partial charge in [-0.3, -0.25) is 9.59 Å². The number of benzene rings is 2. The highest BCUT2D eigenvalue weighted by atomic mass is 79.9. The van der Waals surface area contributed by atoms with E-state index in [1.54, 1.807) is 19.2 Å². The van der Waals surface area contributed by atoms with Gasteiger partial charge in [0.2, 0.25) is 5.91 Å². The highest BCUT2D eigenvalue weighted by molar-refractivity contribution is 9.10. The van der Waals surface area contributed by atoms with Crippen molar-refractivity contribution in [3.63, 3.8) is 0 Å². The standard InChI is InChI=1S/C20H23BrN2O2/c1-14-17(20(25)22-2)7-5-8-18(14)23-19(24)9-4-3-6-15-10-12-16(21)13-11-15/h5,7-8,10-13H,3-4,6,9H2,1-2H3,(H,22,25)(H,23,24). The molecule has 0 aromatic heterocycles. The molecule has 25 heavy (non-hydrogen) atoms. The van der Waals surface area contributed by atoms with Crippen molar-refractivity contribution in [2.24, 2.45) is 0 Å². The quantitative estimate of drug-likeness (QED) is 0.671. The first-order valence-corrected chi connectivity index (χ1v) is 9.16. The van der Waals surface area contributed by atoms with Crippen molar-refractivity contribution in [2.45, 2.75) is 32.6 Å². The third kappa shape index (κ3) is 5.71. The number of halogens is 1. The largest absolute Gasteiger partial charge is 0.355 e. The van der Waals surface area contributed by atoms with Crippen LogP contribution < -0.4 is 10.6 Å². The molecular weight excluding hydrogens is 380 g/mol. The van der Waals surface area contributed by atoms with Crippen molar-refractivity contribution >= 4 is 33.4 Å². The fourth-order valence-corrected chi connectivity index (χ4v) is 2.89. The van der Waals surface area contributed by atoms with Gasteiger partial charge in [0.05, 0.1) is 0 Å². The van der Waals surface area contributed by atoms with Crippen molar-refractivity contribution in [1.29, 1.82) is 0 Å². The maximum atomic E-state index is 12.2. The molecule has 2 N–H and O–H groups in total. The van der Waals surface area contributed by atoms with Gasteiger partial charge in [0.25, 0.3) is 5.91 Å². The van der Waals surface area contributed by atoms with Crippen molar-refractivity contribution < 1.29 is 9.59 Å². The number of unbranched alkanes of at least 4 members (excludes halogenated alkanes) is 1. The molecule has 132 valence electrons. The van der Waals surface area contributed by atoms with E-state index in [9.17, 15) is 9.59 Å². The molecule has 0 aliphatic carbocycles. The zero-order valence-corrected chi connectivity index (χ0v) is 16.2. The van der Waals surface area contributed by atoms with Gasteiger partial charge in [-0.15, -0.1) is 0 Å². The Kier molecular flexibility index (Phi) is 7.19. The molecule has 5 heteroatoms. The lowest BCUT2D eigenvalue weighted by Gasteiger charge is -2.11. The number of amides is 2. The van der Waals surface area contributed by atoms with Crippen LogP contribution >= 0.6 is 15.9 Å². The van der Waals surface area contributed by atoms with Crippen molar-refractivity contribution in [3.8, 4) is 0 Å². The van der Waals surface area contributed by atoms with Gasteiger partial charge >= 0.3 is 0 Å². The zero-order valence-electron chi connectivity index (χ0n) is 14.6. The van der Waals surface area contributed by atoms with E-state index >= 15 is 0 Å². The normalized spacial score (nSPS) is 10.4. The van der Waals surface area contributed by atoms with Crippen LogP contribution in [0.5, 0.6) is 0 Å². The summed E-state index contributed by atoms with van der Waals surface area (Å²) in [4.78, 5) is 24.0. The second kappa shape index (κ2) is 9.37. The summed E-state index contributed by atoms with van der Waals surface area (Å²) in [5.41, 5.74) is 3.33. The molecule has 0 saturated heterocycles. The minimum atomic E-state index is -0.150.